The van der Waals surface area contributed by atoms with Crippen LogP contribution in [-0.2, 0) is 21.6 Å². The number of fused-ring (bicyclic) bond motifs is 2. The van der Waals surface area contributed by atoms with Crippen LogP contribution >= 0.6 is 0 Å². The van der Waals surface area contributed by atoms with Gasteiger partial charge in [0.25, 0.3) is 0 Å². The monoisotopic (exact) mass is 323 g/mol. The lowest BCUT2D eigenvalue weighted by atomic mass is 9.80. The van der Waals surface area contributed by atoms with Gasteiger partial charge in [-0.05, 0) is 6.42 Å². The van der Waals surface area contributed by atoms with Crippen LogP contribution in [0.1, 0.15) is 31.0 Å². The zero-order valence-corrected chi connectivity index (χ0v) is 13.9. The molecule has 1 aromatic carbocycles. The van der Waals surface area contributed by atoms with E-state index in [1.54, 1.807) is 0 Å². The fourth-order valence-corrected chi connectivity index (χ4v) is 3.74. The Morgan fingerprint density at radius 2 is 2.17 bits per heavy atom. The van der Waals surface area contributed by atoms with E-state index in [0.717, 1.165) is 35.6 Å². The molecule has 2 aromatic rings. The smallest absolute Gasteiger partial charge is 0.222 e. The van der Waals surface area contributed by atoms with E-state index in [1.807, 2.05) is 48.4 Å². The number of benzene rings is 1. The van der Waals surface area contributed by atoms with Crippen molar-refractivity contribution in [3.63, 3.8) is 0 Å². The number of hydrogen-bond acceptors (Lipinski definition) is 4. The lowest BCUT2D eigenvalue weighted by Crippen LogP contribution is -2.41. The minimum absolute atomic E-state index is 0.190. The molecule has 124 valence electrons. The van der Waals surface area contributed by atoms with Crippen molar-refractivity contribution in [2.24, 2.45) is 0 Å². The second-order valence-electron chi connectivity index (χ2n) is 6.63. The standard InChI is InChI=1S/C19H21N3O2/c1-2-16(23)22-9-8-19(12-22)13-24-11-15-10-20-18(21-17(15)19)14-6-4-3-5-7-14/h3-7,10H,2,8-9,11-13H2,1H3/t19-/m1/s1. The summed E-state index contributed by atoms with van der Waals surface area (Å²) in [6.07, 6.45) is 3.33. The molecule has 4 rings (SSSR count). The first-order valence-corrected chi connectivity index (χ1v) is 8.49. The van der Waals surface area contributed by atoms with Gasteiger partial charge in [-0.25, -0.2) is 9.97 Å². The highest BCUT2D eigenvalue weighted by atomic mass is 16.5. The van der Waals surface area contributed by atoms with E-state index >= 15 is 0 Å². The van der Waals surface area contributed by atoms with Gasteiger partial charge in [-0.1, -0.05) is 37.3 Å². The lowest BCUT2D eigenvalue weighted by Gasteiger charge is -2.34. The zero-order chi connectivity index (χ0) is 16.6. The highest BCUT2D eigenvalue weighted by Crippen LogP contribution is 2.39. The summed E-state index contributed by atoms with van der Waals surface area (Å²) in [5.41, 5.74) is 2.94. The maximum Gasteiger partial charge on any atom is 0.222 e. The predicted octanol–water partition coefficient (Wildman–Crippen LogP) is 2.55. The second kappa shape index (κ2) is 5.98. The predicted molar refractivity (Wildman–Crippen MR) is 90.3 cm³/mol. The van der Waals surface area contributed by atoms with Gasteiger partial charge < -0.3 is 9.64 Å². The molecule has 1 amide bonds. The van der Waals surface area contributed by atoms with Crippen LogP contribution in [-0.4, -0.2) is 40.5 Å². The quantitative estimate of drug-likeness (QED) is 0.852. The molecule has 0 radical (unpaired) electrons. The first-order valence-electron chi connectivity index (χ1n) is 8.49. The summed E-state index contributed by atoms with van der Waals surface area (Å²) in [7, 11) is 0. The summed E-state index contributed by atoms with van der Waals surface area (Å²) in [6.45, 7) is 4.55. The van der Waals surface area contributed by atoms with Crippen LogP contribution in [0.2, 0.25) is 0 Å². The summed E-state index contributed by atoms with van der Waals surface area (Å²) >= 11 is 0. The third-order valence-electron chi connectivity index (χ3n) is 5.04. The average Bonchev–Trinajstić information content (AvgIpc) is 3.07. The van der Waals surface area contributed by atoms with Crippen molar-refractivity contribution in [2.45, 2.75) is 31.8 Å². The summed E-state index contributed by atoms with van der Waals surface area (Å²) in [6, 6.07) is 10.0. The van der Waals surface area contributed by atoms with E-state index in [4.69, 9.17) is 9.72 Å². The van der Waals surface area contributed by atoms with Gasteiger partial charge in [-0.15, -0.1) is 0 Å². The van der Waals surface area contributed by atoms with E-state index in [1.165, 1.54) is 0 Å². The van der Waals surface area contributed by atoms with Gasteiger partial charge in [0, 0.05) is 36.8 Å². The van der Waals surface area contributed by atoms with Crippen LogP contribution in [0.25, 0.3) is 11.4 Å². The number of carbonyl (C=O) groups is 1. The maximum absolute atomic E-state index is 12.1. The molecular formula is C19H21N3O2. The van der Waals surface area contributed by atoms with Gasteiger partial charge in [-0.3, -0.25) is 4.79 Å². The van der Waals surface area contributed by atoms with Crippen LogP contribution in [0.4, 0.5) is 0 Å². The van der Waals surface area contributed by atoms with Gasteiger partial charge in [0.2, 0.25) is 5.91 Å². The Balaban J connectivity index is 1.73. The normalized spacial score (nSPS) is 22.6. The number of nitrogens with zero attached hydrogens (tertiary/aromatic N) is 3. The Hall–Kier alpha value is -2.27. The van der Waals surface area contributed by atoms with Crippen molar-refractivity contribution >= 4 is 5.91 Å². The zero-order valence-electron chi connectivity index (χ0n) is 13.9. The Morgan fingerprint density at radius 3 is 2.96 bits per heavy atom. The fourth-order valence-electron chi connectivity index (χ4n) is 3.74. The molecule has 3 heterocycles. The lowest BCUT2D eigenvalue weighted by molar-refractivity contribution is -0.130. The Labute approximate surface area is 141 Å². The van der Waals surface area contributed by atoms with E-state index < -0.39 is 0 Å². The van der Waals surface area contributed by atoms with Crippen molar-refractivity contribution in [3.8, 4) is 11.4 Å². The van der Waals surface area contributed by atoms with Crippen LogP contribution < -0.4 is 0 Å². The van der Waals surface area contributed by atoms with E-state index in [2.05, 4.69) is 4.98 Å². The Kier molecular flexibility index (Phi) is 3.81. The van der Waals surface area contributed by atoms with Gasteiger partial charge in [0.05, 0.1) is 24.3 Å². The molecule has 2 aliphatic heterocycles. The minimum Gasteiger partial charge on any atom is -0.376 e. The number of ether oxygens (including phenoxy) is 1. The molecular weight excluding hydrogens is 302 g/mol. The van der Waals surface area contributed by atoms with Gasteiger partial charge in [0.1, 0.15) is 0 Å². The van der Waals surface area contributed by atoms with Crippen molar-refractivity contribution in [3.05, 3.63) is 47.8 Å². The highest BCUT2D eigenvalue weighted by molar-refractivity contribution is 5.76. The molecule has 0 saturated carbocycles. The molecule has 1 aromatic heterocycles. The number of hydrogen-bond donors (Lipinski definition) is 0. The topological polar surface area (TPSA) is 55.3 Å². The first-order chi connectivity index (χ1) is 11.7. The molecule has 0 N–H and O–H groups in total. The summed E-state index contributed by atoms with van der Waals surface area (Å²) < 4.78 is 5.82. The number of aromatic nitrogens is 2. The number of carbonyl (C=O) groups excluding carboxylic acids is 1. The molecule has 2 aliphatic rings. The summed E-state index contributed by atoms with van der Waals surface area (Å²) in [4.78, 5) is 23.5. The molecule has 1 saturated heterocycles. The van der Waals surface area contributed by atoms with Gasteiger partial charge in [0.15, 0.2) is 5.82 Å². The number of amides is 1. The summed E-state index contributed by atoms with van der Waals surface area (Å²) in [5, 5.41) is 0. The molecule has 5 nitrogen and oxygen atoms in total. The molecule has 24 heavy (non-hydrogen) atoms. The highest BCUT2D eigenvalue weighted by Gasteiger charge is 2.45. The molecule has 1 spiro atoms. The molecule has 1 fully saturated rings. The number of rotatable bonds is 2. The van der Waals surface area contributed by atoms with Crippen LogP contribution in [0.15, 0.2) is 36.5 Å². The molecule has 0 unspecified atom stereocenters. The SMILES string of the molecule is CCC(=O)N1CC[C@]2(COCc3cnc(-c4ccccc4)nc32)C1. The average molecular weight is 323 g/mol. The molecule has 0 bridgehead atoms. The maximum atomic E-state index is 12.1. The van der Waals surface area contributed by atoms with E-state index in [9.17, 15) is 4.79 Å². The Bertz CT molecular complexity index is 762. The second-order valence-corrected chi connectivity index (χ2v) is 6.63. The molecule has 5 heteroatoms. The van der Waals surface area contributed by atoms with Crippen molar-refractivity contribution < 1.29 is 9.53 Å². The fraction of sp³-hybridized carbons (Fsp3) is 0.421. The van der Waals surface area contributed by atoms with E-state index in [0.29, 0.717) is 26.2 Å². The van der Waals surface area contributed by atoms with Crippen LogP contribution in [0.5, 0.6) is 0 Å². The largest absolute Gasteiger partial charge is 0.376 e. The van der Waals surface area contributed by atoms with Crippen molar-refractivity contribution in [2.75, 3.05) is 19.7 Å². The summed E-state index contributed by atoms with van der Waals surface area (Å²) in [5.74, 6) is 0.951. The molecule has 0 aliphatic carbocycles. The van der Waals surface area contributed by atoms with Crippen molar-refractivity contribution in [1.82, 2.24) is 14.9 Å². The van der Waals surface area contributed by atoms with Crippen LogP contribution in [0.3, 0.4) is 0 Å². The van der Waals surface area contributed by atoms with Crippen molar-refractivity contribution in [1.29, 1.82) is 0 Å². The van der Waals surface area contributed by atoms with Gasteiger partial charge in [-0.2, -0.15) is 0 Å². The van der Waals surface area contributed by atoms with Crippen LogP contribution in [0, 0.1) is 0 Å². The van der Waals surface area contributed by atoms with Gasteiger partial charge >= 0.3 is 0 Å². The molecule has 1 atom stereocenters. The Morgan fingerprint density at radius 1 is 1.33 bits per heavy atom. The number of likely N-dealkylation sites (tertiary alicyclic amines) is 1. The van der Waals surface area contributed by atoms with E-state index in [-0.39, 0.29) is 11.3 Å². The minimum atomic E-state index is -0.190. The third kappa shape index (κ3) is 2.49. The first kappa shape index (κ1) is 15.3. The third-order valence-corrected chi connectivity index (χ3v) is 5.04.